The van der Waals surface area contributed by atoms with Crippen molar-refractivity contribution >= 4 is 11.3 Å². The van der Waals surface area contributed by atoms with Crippen LogP contribution in [0.15, 0.2) is 5.38 Å². The summed E-state index contributed by atoms with van der Waals surface area (Å²) >= 11 is 1.81. The summed E-state index contributed by atoms with van der Waals surface area (Å²) in [6, 6.07) is 1.55. The largest absolute Gasteiger partial charge is 0.313 e. The fraction of sp³-hybridized carbons (Fsp3) is 0.769. The highest BCUT2D eigenvalue weighted by molar-refractivity contribution is 7.09. The maximum absolute atomic E-state index is 4.59. The SMILES string of the molecule is Cc1csc(CN(C[C@H]2CCCN2)C2CC2)n1. The van der Waals surface area contributed by atoms with E-state index in [0.29, 0.717) is 0 Å². The van der Waals surface area contributed by atoms with Crippen LogP contribution in [0.2, 0.25) is 0 Å². The summed E-state index contributed by atoms with van der Waals surface area (Å²) in [5.74, 6) is 0. The van der Waals surface area contributed by atoms with Gasteiger partial charge in [0.15, 0.2) is 0 Å². The van der Waals surface area contributed by atoms with Gasteiger partial charge in [0.05, 0.1) is 6.54 Å². The van der Waals surface area contributed by atoms with Crippen LogP contribution in [0.3, 0.4) is 0 Å². The second-order valence-corrected chi connectivity index (χ2v) is 6.28. The van der Waals surface area contributed by atoms with E-state index < -0.39 is 0 Å². The molecular formula is C13H21N3S. The number of rotatable bonds is 5. The molecule has 17 heavy (non-hydrogen) atoms. The smallest absolute Gasteiger partial charge is 0.107 e. The third-order valence-electron chi connectivity index (χ3n) is 3.69. The molecule has 3 rings (SSSR count). The molecule has 0 spiro atoms. The van der Waals surface area contributed by atoms with Gasteiger partial charge in [-0.1, -0.05) is 0 Å². The minimum absolute atomic E-state index is 0.719. The zero-order valence-electron chi connectivity index (χ0n) is 10.5. The lowest BCUT2D eigenvalue weighted by Crippen LogP contribution is -2.38. The maximum atomic E-state index is 4.59. The van der Waals surface area contributed by atoms with Crippen LogP contribution in [0.4, 0.5) is 0 Å². The molecule has 2 fully saturated rings. The maximum Gasteiger partial charge on any atom is 0.107 e. The molecule has 1 saturated heterocycles. The molecule has 1 aliphatic carbocycles. The molecule has 0 unspecified atom stereocenters. The van der Waals surface area contributed by atoms with E-state index in [0.717, 1.165) is 18.6 Å². The minimum Gasteiger partial charge on any atom is -0.313 e. The molecule has 2 aliphatic rings. The van der Waals surface area contributed by atoms with E-state index in [1.807, 2.05) is 11.3 Å². The van der Waals surface area contributed by atoms with Crippen molar-refractivity contribution in [2.24, 2.45) is 0 Å². The Bertz CT molecular complexity index is 366. The van der Waals surface area contributed by atoms with E-state index in [4.69, 9.17) is 0 Å². The molecule has 3 nitrogen and oxygen atoms in total. The van der Waals surface area contributed by atoms with Gasteiger partial charge in [0.1, 0.15) is 5.01 Å². The number of aryl methyl sites for hydroxylation is 1. The van der Waals surface area contributed by atoms with Crippen LogP contribution in [0.25, 0.3) is 0 Å². The van der Waals surface area contributed by atoms with E-state index in [1.165, 1.54) is 49.5 Å². The van der Waals surface area contributed by atoms with Gasteiger partial charge in [0.2, 0.25) is 0 Å². The fourth-order valence-corrected chi connectivity index (χ4v) is 3.42. The fourth-order valence-electron chi connectivity index (χ4n) is 2.63. The molecule has 1 saturated carbocycles. The Morgan fingerprint density at radius 2 is 2.35 bits per heavy atom. The first-order chi connectivity index (χ1) is 8.31. The van der Waals surface area contributed by atoms with Crippen LogP contribution in [0, 0.1) is 6.92 Å². The summed E-state index contributed by atoms with van der Waals surface area (Å²) in [4.78, 5) is 7.23. The molecule has 94 valence electrons. The molecule has 2 heterocycles. The molecule has 4 heteroatoms. The number of hydrogen-bond acceptors (Lipinski definition) is 4. The number of thiazole rings is 1. The average Bonchev–Trinajstić information content (AvgIpc) is 2.89. The van der Waals surface area contributed by atoms with Crippen molar-refractivity contribution in [3.8, 4) is 0 Å². The highest BCUT2D eigenvalue weighted by atomic mass is 32.1. The van der Waals surface area contributed by atoms with Gasteiger partial charge >= 0.3 is 0 Å². The van der Waals surface area contributed by atoms with Crippen LogP contribution < -0.4 is 5.32 Å². The molecular weight excluding hydrogens is 230 g/mol. The van der Waals surface area contributed by atoms with Gasteiger partial charge in [-0.2, -0.15) is 0 Å². The first kappa shape index (κ1) is 11.6. The molecule has 0 bridgehead atoms. The zero-order valence-corrected chi connectivity index (χ0v) is 11.3. The summed E-state index contributed by atoms with van der Waals surface area (Å²) in [6.07, 6.45) is 5.47. The third-order valence-corrected chi connectivity index (χ3v) is 4.64. The quantitative estimate of drug-likeness (QED) is 0.869. The minimum atomic E-state index is 0.719. The van der Waals surface area contributed by atoms with Crippen molar-refractivity contribution in [3.05, 3.63) is 16.1 Å². The van der Waals surface area contributed by atoms with E-state index in [1.54, 1.807) is 0 Å². The number of hydrogen-bond donors (Lipinski definition) is 1. The standard InChI is InChI=1S/C13H21N3S/c1-10-9-17-13(15-10)8-16(12-4-5-12)7-11-3-2-6-14-11/h9,11-12,14H,2-8H2,1H3/t11-/m1/s1. The Morgan fingerprint density at radius 1 is 1.47 bits per heavy atom. The first-order valence-electron chi connectivity index (χ1n) is 6.70. The highest BCUT2D eigenvalue weighted by Gasteiger charge is 2.31. The van der Waals surface area contributed by atoms with E-state index in [2.05, 4.69) is 27.5 Å². The molecule has 1 aliphatic heterocycles. The first-order valence-corrected chi connectivity index (χ1v) is 7.57. The molecule has 0 aromatic carbocycles. The van der Waals surface area contributed by atoms with Crippen LogP contribution >= 0.6 is 11.3 Å². The van der Waals surface area contributed by atoms with Gasteiger partial charge < -0.3 is 5.32 Å². The van der Waals surface area contributed by atoms with Gasteiger partial charge in [0.25, 0.3) is 0 Å². The number of aromatic nitrogens is 1. The van der Waals surface area contributed by atoms with Crippen molar-refractivity contribution in [1.82, 2.24) is 15.2 Å². The predicted octanol–water partition coefficient (Wildman–Crippen LogP) is 2.17. The summed E-state index contributed by atoms with van der Waals surface area (Å²) in [7, 11) is 0. The third kappa shape index (κ3) is 3.06. The average molecular weight is 251 g/mol. The van der Waals surface area contributed by atoms with Gasteiger partial charge in [-0.25, -0.2) is 4.98 Å². The van der Waals surface area contributed by atoms with Crippen LogP contribution in [-0.4, -0.2) is 35.1 Å². The van der Waals surface area contributed by atoms with Crippen LogP contribution in [0.1, 0.15) is 36.4 Å². The predicted molar refractivity (Wildman–Crippen MR) is 71.3 cm³/mol. The van der Waals surface area contributed by atoms with E-state index in [9.17, 15) is 0 Å². The Hall–Kier alpha value is -0.450. The Balaban J connectivity index is 1.59. The second kappa shape index (κ2) is 5.04. The van der Waals surface area contributed by atoms with Crippen molar-refractivity contribution in [3.63, 3.8) is 0 Å². The molecule has 1 atom stereocenters. The summed E-state index contributed by atoms with van der Waals surface area (Å²) < 4.78 is 0. The van der Waals surface area contributed by atoms with Crippen LogP contribution in [0.5, 0.6) is 0 Å². The monoisotopic (exact) mass is 251 g/mol. The van der Waals surface area contributed by atoms with Crippen molar-refractivity contribution in [1.29, 1.82) is 0 Å². The van der Waals surface area contributed by atoms with E-state index >= 15 is 0 Å². The van der Waals surface area contributed by atoms with Crippen molar-refractivity contribution < 1.29 is 0 Å². The van der Waals surface area contributed by atoms with Gasteiger partial charge in [0, 0.05) is 29.7 Å². The lowest BCUT2D eigenvalue weighted by molar-refractivity contribution is 0.231. The lowest BCUT2D eigenvalue weighted by Gasteiger charge is -2.24. The summed E-state index contributed by atoms with van der Waals surface area (Å²) in [5, 5.41) is 7.05. The Morgan fingerprint density at radius 3 is 2.94 bits per heavy atom. The van der Waals surface area contributed by atoms with Crippen molar-refractivity contribution in [2.75, 3.05) is 13.1 Å². The number of nitrogens with zero attached hydrogens (tertiary/aromatic N) is 2. The van der Waals surface area contributed by atoms with Gasteiger partial charge in [-0.3, -0.25) is 4.90 Å². The lowest BCUT2D eigenvalue weighted by atomic mass is 10.2. The highest BCUT2D eigenvalue weighted by Crippen LogP contribution is 2.29. The normalized spacial score (nSPS) is 24.7. The number of nitrogens with one attached hydrogen (secondary N) is 1. The van der Waals surface area contributed by atoms with Crippen LogP contribution in [-0.2, 0) is 6.54 Å². The zero-order chi connectivity index (χ0) is 11.7. The van der Waals surface area contributed by atoms with Gasteiger partial charge in [-0.05, 0) is 39.2 Å². The molecule has 0 amide bonds. The van der Waals surface area contributed by atoms with E-state index in [-0.39, 0.29) is 0 Å². The molecule has 1 aromatic rings. The van der Waals surface area contributed by atoms with Gasteiger partial charge in [-0.15, -0.1) is 11.3 Å². The molecule has 1 N–H and O–H groups in total. The van der Waals surface area contributed by atoms with Crippen molar-refractivity contribution in [2.45, 2.75) is 51.2 Å². The Labute approximate surface area is 107 Å². The Kier molecular flexibility index (Phi) is 3.45. The molecule has 1 aromatic heterocycles. The summed E-state index contributed by atoms with van der Waals surface area (Å²) in [5.41, 5.74) is 1.17. The topological polar surface area (TPSA) is 28.2 Å². The second-order valence-electron chi connectivity index (χ2n) is 5.34. The molecule has 0 radical (unpaired) electrons. The summed E-state index contributed by atoms with van der Waals surface area (Å²) in [6.45, 7) is 5.56.